The highest BCUT2D eigenvalue weighted by Gasteiger charge is 2.10. The summed E-state index contributed by atoms with van der Waals surface area (Å²) in [5.74, 6) is -1.29. The molecule has 0 atom stereocenters. The first-order valence-electron chi connectivity index (χ1n) is 5.04. The number of rotatable bonds is 5. The Balaban J connectivity index is 3.03. The first-order valence-corrected chi connectivity index (χ1v) is 5.04. The molecule has 0 saturated heterocycles. The Hall–Kier alpha value is -2.30. The van der Waals surface area contributed by atoms with Crippen molar-refractivity contribution >= 4 is 23.3 Å². The number of hydrogen-bond donors (Lipinski definition) is 3. The van der Waals surface area contributed by atoms with Gasteiger partial charge in [0, 0.05) is 24.8 Å². The number of anilines is 2. The highest BCUT2D eigenvalue weighted by atomic mass is 16.4. The molecule has 3 N–H and O–H groups in total. The molecule has 5 nitrogen and oxygen atoms in total. The topological polar surface area (TPSA) is 78.4 Å². The molecule has 0 heterocycles. The maximum Gasteiger partial charge on any atom is 0.337 e. The lowest BCUT2D eigenvalue weighted by Crippen LogP contribution is -2.10. The number of amides is 1. The fourth-order valence-electron chi connectivity index (χ4n) is 1.34. The Morgan fingerprint density at radius 2 is 2.18 bits per heavy atom. The van der Waals surface area contributed by atoms with Gasteiger partial charge in [0.2, 0.25) is 5.91 Å². The zero-order valence-corrected chi connectivity index (χ0v) is 9.49. The summed E-state index contributed by atoms with van der Waals surface area (Å²) >= 11 is 0. The molecule has 0 radical (unpaired) electrons. The second-order valence-corrected chi connectivity index (χ2v) is 3.42. The van der Waals surface area contributed by atoms with E-state index in [4.69, 9.17) is 5.11 Å². The molecule has 0 aromatic heterocycles. The van der Waals surface area contributed by atoms with Gasteiger partial charge in [-0.25, -0.2) is 4.79 Å². The van der Waals surface area contributed by atoms with Crippen LogP contribution in [0.2, 0.25) is 0 Å². The first-order chi connectivity index (χ1) is 8.04. The maximum atomic E-state index is 11.0. The third-order valence-electron chi connectivity index (χ3n) is 2.01. The fourth-order valence-corrected chi connectivity index (χ4v) is 1.34. The van der Waals surface area contributed by atoms with Crippen LogP contribution in [-0.2, 0) is 4.79 Å². The Morgan fingerprint density at radius 3 is 2.71 bits per heavy atom. The van der Waals surface area contributed by atoms with Crippen LogP contribution in [0.5, 0.6) is 0 Å². The third kappa shape index (κ3) is 3.64. The monoisotopic (exact) mass is 234 g/mol. The molecule has 1 aromatic carbocycles. The Labute approximate surface area is 99.1 Å². The molecule has 0 saturated carbocycles. The van der Waals surface area contributed by atoms with E-state index in [0.717, 1.165) is 0 Å². The van der Waals surface area contributed by atoms with Crippen LogP contribution in [-0.4, -0.2) is 23.5 Å². The summed E-state index contributed by atoms with van der Waals surface area (Å²) in [6.07, 6.45) is 1.63. The van der Waals surface area contributed by atoms with Crippen molar-refractivity contribution < 1.29 is 14.7 Å². The van der Waals surface area contributed by atoms with Crippen LogP contribution in [0.1, 0.15) is 17.3 Å². The van der Waals surface area contributed by atoms with E-state index < -0.39 is 5.97 Å². The average Bonchev–Trinajstić information content (AvgIpc) is 2.26. The number of hydrogen-bond acceptors (Lipinski definition) is 3. The maximum absolute atomic E-state index is 11.0. The van der Waals surface area contributed by atoms with Crippen LogP contribution in [0.4, 0.5) is 11.4 Å². The lowest BCUT2D eigenvalue weighted by atomic mass is 10.1. The fraction of sp³-hybridized carbons (Fsp3) is 0.167. The van der Waals surface area contributed by atoms with Crippen LogP contribution in [0.25, 0.3) is 0 Å². The standard InChI is InChI=1S/C12H14N2O3/c1-3-6-13-11-5-4-9(14-8(2)15)7-10(11)12(16)17/h3-5,7,13H,1,6H2,2H3,(H,14,15)(H,16,17). The lowest BCUT2D eigenvalue weighted by Gasteiger charge is -2.10. The molecule has 17 heavy (non-hydrogen) atoms. The largest absolute Gasteiger partial charge is 0.478 e. The van der Waals surface area contributed by atoms with Gasteiger partial charge in [-0.05, 0) is 18.2 Å². The molecule has 0 spiro atoms. The smallest absolute Gasteiger partial charge is 0.337 e. The summed E-state index contributed by atoms with van der Waals surface area (Å²) in [5.41, 5.74) is 1.06. The normalized spacial score (nSPS) is 9.47. The molecule has 1 amide bonds. The average molecular weight is 234 g/mol. The van der Waals surface area contributed by atoms with Gasteiger partial charge in [0.25, 0.3) is 0 Å². The molecule has 90 valence electrons. The lowest BCUT2D eigenvalue weighted by molar-refractivity contribution is -0.114. The second kappa shape index (κ2) is 5.69. The van der Waals surface area contributed by atoms with E-state index in [1.165, 1.54) is 13.0 Å². The van der Waals surface area contributed by atoms with Crippen LogP contribution in [0.15, 0.2) is 30.9 Å². The van der Waals surface area contributed by atoms with Crippen molar-refractivity contribution in [2.45, 2.75) is 6.92 Å². The summed E-state index contributed by atoms with van der Waals surface area (Å²) in [5, 5.41) is 14.5. The highest BCUT2D eigenvalue weighted by molar-refractivity contribution is 5.97. The van der Waals surface area contributed by atoms with E-state index >= 15 is 0 Å². The van der Waals surface area contributed by atoms with Crippen molar-refractivity contribution in [3.05, 3.63) is 36.4 Å². The number of nitrogens with one attached hydrogen (secondary N) is 2. The summed E-state index contributed by atoms with van der Waals surface area (Å²) in [4.78, 5) is 21.9. The van der Waals surface area contributed by atoms with E-state index in [0.29, 0.717) is 17.9 Å². The minimum Gasteiger partial charge on any atom is -0.478 e. The quantitative estimate of drug-likeness (QED) is 0.680. The second-order valence-electron chi connectivity index (χ2n) is 3.42. The first kappa shape index (κ1) is 12.8. The molecule has 0 fully saturated rings. The van der Waals surface area contributed by atoms with Gasteiger partial charge in [0.1, 0.15) is 0 Å². The van der Waals surface area contributed by atoms with Gasteiger partial charge in [-0.1, -0.05) is 6.08 Å². The molecular weight excluding hydrogens is 220 g/mol. The minimum absolute atomic E-state index is 0.109. The van der Waals surface area contributed by atoms with Crippen molar-refractivity contribution in [1.29, 1.82) is 0 Å². The number of carbonyl (C=O) groups is 2. The van der Waals surface area contributed by atoms with Crippen LogP contribution < -0.4 is 10.6 Å². The minimum atomic E-state index is -1.05. The van der Waals surface area contributed by atoms with E-state index in [1.807, 2.05) is 0 Å². The van der Waals surface area contributed by atoms with Crippen LogP contribution >= 0.6 is 0 Å². The zero-order chi connectivity index (χ0) is 12.8. The van der Waals surface area contributed by atoms with Gasteiger partial charge in [-0.2, -0.15) is 0 Å². The Bertz CT molecular complexity index is 455. The summed E-state index contributed by atoms with van der Waals surface area (Å²) in [7, 11) is 0. The van der Waals surface area contributed by atoms with E-state index in [-0.39, 0.29) is 11.5 Å². The van der Waals surface area contributed by atoms with Crippen molar-refractivity contribution in [2.24, 2.45) is 0 Å². The summed E-state index contributed by atoms with van der Waals surface area (Å²) < 4.78 is 0. The van der Waals surface area contributed by atoms with Crippen LogP contribution in [0, 0.1) is 0 Å². The van der Waals surface area contributed by atoms with Crippen molar-refractivity contribution in [3.63, 3.8) is 0 Å². The van der Waals surface area contributed by atoms with Gasteiger partial charge >= 0.3 is 5.97 Å². The van der Waals surface area contributed by atoms with Gasteiger partial charge in [-0.3, -0.25) is 4.79 Å². The summed E-state index contributed by atoms with van der Waals surface area (Å²) in [6, 6.07) is 4.66. The van der Waals surface area contributed by atoms with Crippen LogP contribution in [0.3, 0.4) is 0 Å². The Kier molecular flexibility index (Phi) is 4.28. The molecule has 5 heteroatoms. The highest BCUT2D eigenvalue weighted by Crippen LogP contribution is 2.20. The molecule has 0 aliphatic rings. The number of carboxylic acids is 1. The molecule has 1 rings (SSSR count). The predicted molar refractivity (Wildman–Crippen MR) is 66.4 cm³/mol. The van der Waals surface area contributed by atoms with E-state index in [9.17, 15) is 9.59 Å². The molecule has 0 aliphatic carbocycles. The van der Waals surface area contributed by atoms with Crippen molar-refractivity contribution in [2.75, 3.05) is 17.2 Å². The summed E-state index contributed by atoms with van der Waals surface area (Å²) in [6.45, 7) is 5.38. The van der Waals surface area contributed by atoms with Gasteiger partial charge in [0.05, 0.1) is 5.56 Å². The zero-order valence-electron chi connectivity index (χ0n) is 9.49. The molecule has 0 unspecified atom stereocenters. The molecule has 1 aromatic rings. The third-order valence-corrected chi connectivity index (χ3v) is 2.01. The number of carbonyl (C=O) groups excluding carboxylic acids is 1. The van der Waals surface area contributed by atoms with Crippen molar-refractivity contribution in [3.8, 4) is 0 Å². The molecule has 0 aliphatic heterocycles. The number of aromatic carboxylic acids is 1. The van der Waals surface area contributed by atoms with Crippen molar-refractivity contribution in [1.82, 2.24) is 0 Å². The SMILES string of the molecule is C=CCNc1ccc(NC(C)=O)cc1C(=O)O. The van der Waals surface area contributed by atoms with Gasteiger partial charge in [0.15, 0.2) is 0 Å². The molecular formula is C12H14N2O3. The Morgan fingerprint density at radius 1 is 1.47 bits per heavy atom. The van der Waals surface area contributed by atoms with E-state index in [2.05, 4.69) is 17.2 Å². The predicted octanol–water partition coefficient (Wildman–Crippen LogP) is 1.94. The molecule has 0 bridgehead atoms. The number of carboxylic acid groups (broad SMARTS) is 1. The van der Waals surface area contributed by atoms with Gasteiger partial charge < -0.3 is 15.7 Å². The van der Waals surface area contributed by atoms with Gasteiger partial charge in [-0.15, -0.1) is 6.58 Å². The number of benzene rings is 1. The van der Waals surface area contributed by atoms with E-state index in [1.54, 1.807) is 18.2 Å².